The zero-order chi connectivity index (χ0) is 22.6. The Morgan fingerprint density at radius 3 is 2.52 bits per heavy atom. The summed E-state index contributed by atoms with van der Waals surface area (Å²) in [5.41, 5.74) is 0.655. The quantitative estimate of drug-likeness (QED) is 0.269. The molecule has 5 atom stereocenters. The number of rotatable bonds is 15. The van der Waals surface area contributed by atoms with Gasteiger partial charge in [0.1, 0.15) is 5.82 Å². The summed E-state index contributed by atoms with van der Waals surface area (Å²) >= 11 is 0. The maximum atomic E-state index is 13.7. The van der Waals surface area contributed by atoms with Crippen LogP contribution in [0, 0.1) is 22.6 Å². The minimum atomic E-state index is -0.779. The Hall–Kier alpha value is -1.86. The van der Waals surface area contributed by atoms with E-state index in [-0.39, 0.29) is 24.1 Å². The van der Waals surface area contributed by atoms with Crippen molar-refractivity contribution in [2.75, 3.05) is 0 Å². The summed E-state index contributed by atoms with van der Waals surface area (Å²) in [5, 5.41) is 32.7. The summed E-state index contributed by atoms with van der Waals surface area (Å²) in [6, 6.07) is 6.24. The number of aliphatic carboxylic acids is 1. The molecule has 6 nitrogen and oxygen atoms in total. The molecule has 0 aromatic heterocycles. The second kappa shape index (κ2) is 13.5. The average molecular weight is 438 g/mol. The lowest BCUT2D eigenvalue weighted by Crippen LogP contribution is -2.23. The predicted octanol–water partition coefficient (Wildman–Crippen LogP) is 4.85. The van der Waals surface area contributed by atoms with Crippen LogP contribution in [-0.2, 0) is 11.2 Å². The lowest BCUT2D eigenvalue weighted by molar-refractivity contribution is -0.137. The Labute approximate surface area is 183 Å². The number of benzene rings is 1. The van der Waals surface area contributed by atoms with E-state index < -0.39 is 24.2 Å². The summed E-state index contributed by atoms with van der Waals surface area (Å²) in [4.78, 5) is 21.8. The molecule has 0 radical (unpaired) electrons. The maximum Gasteiger partial charge on any atom is 0.303 e. The van der Waals surface area contributed by atoms with Gasteiger partial charge in [-0.2, -0.15) is 4.91 Å². The lowest BCUT2D eigenvalue weighted by atomic mass is 9.84. The summed E-state index contributed by atoms with van der Waals surface area (Å²) in [5.74, 6) is -1.04. The third-order valence-corrected chi connectivity index (χ3v) is 6.61. The number of unbranched alkanes of at least 4 members (excludes halogenated alkanes) is 3. The van der Waals surface area contributed by atoms with Gasteiger partial charge in [-0.1, -0.05) is 42.6 Å². The molecule has 1 saturated carbocycles. The summed E-state index contributed by atoms with van der Waals surface area (Å²) < 4.78 is 13.7. The fourth-order valence-corrected chi connectivity index (χ4v) is 4.87. The number of carboxylic acid groups (broad SMARTS) is 1. The van der Waals surface area contributed by atoms with Crippen LogP contribution >= 0.6 is 0 Å². The molecule has 1 aromatic rings. The van der Waals surface area contributed by atoms with E-state index in [0.29, 0.717) is 50.5 Å². The molecule has 3 N–H and O–H groups in total. The first-order valence-electron chi connectivity index (χ1n) is 11.6. The second-order valence-corrected chi connectivity index (χ2v) is 8.86. The van der Waals surface area contributed by atoms with Crippen LogP contribution in [0.1, 0.15) is 76.2 Å². The van der Waals surface area contributed by atoms with Crippen molar-refractivity contribution in [3.8, 4) is 0 Å². The molecule has 1 aliphatic carbocycles. The van der Waals surface area contributed by atoms with Crippen LogP contribution in [-0.4, -0.2) is 39.5 Å². The monoisotopic (exact) mass is 437 g/mol. The molecule has 0 amide bonds. The SMILES string of the molecule is O=NC1CC(O)C(CCCCCCC(=O)O)C1CCC(O)CCCc1ccccc1F. The van der Waals surface area contributed by atoms with E-state index >= 15 is 0 Å². The molecule has 0 bridgehead atoms. The predicted molar refractivity (Wildman–Crippen MR) is 117 cm³/mol. The highest BCUT2D eigenvalue weighted by molar-refractivity contribution is 5.66. The van der Waals surface area contributed by atoms with E-state index in [1.165, 1.54) is 6.07 Å². The first-order valence-corrected chi connectivity index (χ1v) is 11.6. The van der Waals surface area contributed by atoms with Crippen LogP contribution < -0.4 is 0 Å². The number of aliphatic hydroxyl groups is 2. The highest BCUT2D eigenvalue weighted by atomic mass is 19.1. The van der Waals surface area contributed by atoms with E-state index in [0.717, 1.165) is 25.7 Å². The number of carboxylic acids is 1. The van der Waals surface area contributed by atoms with Gasteiger partial charge in [0.05, 0.1) is 18.2 Å². The van der Waals surface area contributed by atoms with Crippen LogP contribution in [0.2, 0.25) is 0 Å². The second-order valence-electron chi connectivity index (χ2n) is 8.86. The van der Waals surface area contributed by atoms with Crippen molar-refractivity contribution in [3.63, 3.8) is 0 Å². The molecular weight excluding hydrogens is 401 g/mol. The summed E-state index contributed by atoms with van der Waals surface area (Å²) in [6.45, 7) is 0. The standard InChI is InChI=1S/C24H36FNO5/c25-21-12-6-5-8-17(21)9-7-10-18(27)14-15-19-20(23(28)16-22(19)26-31)11-3-1-2-4-13-24(29)30/h5-6,8,12,18-20,22-23,27-28H,1-4,7,9-11,13-16H2,(H,29,30). The van der Waals surface area contributed by atoms with E-state index in [1.807, 2.05) is 0 Å². The fraction of sp³-hybridized carbons (Fsp3) is 0.708. The van der Waals surface area contributed by atoms with Crippen LogP contribution in [0.5, 0.6) is 0 Å². The highest BCUT2D eigenvalue weighted by Crippen LogP contribution is 2.41. The van der Waals surface area contributed by atoms with E-state index in [1.54, 1.807) is 18.2 Å². The number of aryl methyl sites for hydroxylation is 1. The lowest BCUT2D eigenvalue weighted by Gasteiger charge is -2.24. The van der Waals surface area contributed by atoms with Crippen LogP contribution in [0.3, 0.4) is 0 Å². The molecule has 1 fully saturated rings. The Kier molecular flexibility index (Phi) is 11.1. The number of nitroso groups, excluding NO2 is 1. The van der Waals surface area contributed by atoms with Crippen molar-refractivity contribution in [2.45, 2.75) is 95.3 Å². The molecule has 0 aliphatic heterocycles. The minimum Gasteiger partial charge on any atom is -0.481 e. The first kappa shape index (κ1) is 25.4. The molecule has 0 saturated heterocycles. The Morgan fingerprint density at radius 2 is 1.81 bits per heavy atom. The van der Waals surface area contributed by atoms with Crippen molar-refractivity contribution in [1.29, 1.82) is 0 Å². The molecule has 5 unspecified atom stereocenters. The van der Waals surface area contributed by atoms with Gasteiger partial charge in [-0.15, -0.1) is 0 Å². The van der Waals surface area contributed by atoms with Gasteiger partial charge in [-0.05, 0) is 74.8 Å². The molecule has 0 heterocycles. The zero-order valence-corrected chi connectivity index (χ0v) is 18.2. The van der Waals surface area contributed by atoms with Gasteiger partial charge in [0.2, 0.25) is 0 Å². The summed E-state index contributed by atoms with van der Waals surface area (Å²) in [7, 11) is 0. The van der Waals surface area contributed by atoms with E-state index in [9.17, 15) is 24.3 Å². The minimum absolute atomic E-state index is 0.00668. The van der Waals surface area contributed by atoms with Crippen LogP contribution in [0.4, 0.5) is 4.39 Å². The van der Waals surface area contributed by atoms with E-state index in [2.05, 4.69) is 5.18 Å². The van der Waals surface area contributed by atoms with Gasteiger partial charge in [0.15, 0.2) is 0 Å². The van der Waals surface area contributed by atoms with Gasteiger partial charge in [-0.25, -0.2) is 4.39 Å². The summed E-state index contributed by atoms with van der Waals surface area (Å²) in [6.07, 6.45) is 6.56. The van der Waals surface area contributed by atoms with Gasteiger partial charge in [0.25, 0.3) is 0 Å². The number of halogens is 1. The Bertz CT molecular complexity index is 686. The van der Waals surface area contributed by atoms with Crippen LogP contribution in [0.25, 0.3) is 0 Å². The van der Waals surface area contributed by atoms with Gasteiger partial charge < -0.3 is 15.3 Å². The van der Waals surface area contributed by atoms with Crippen LogP contribution in [0.15, 0.2) is 29.4 Å². The first-order chi connectivity index (χ1) is 14.9. The number of nitrogens with zero attached hydrogens (tertiary/aromatic N) is 1. The molecule has 31 heavy (non-hydrogen) atoms. The number of carbonyl (C=O) groups is 1. The highest BCUT2D eigenvalue weighted by Gasteiger charge is 2.42. The third-order valence-electron chi connectivity index (χ3n) is 6.61. The fourth-order valence-electron chi connectivity index (χ4n) is 4.87. The smallest absolute Gasteiger partial charge is 0.303 e. The van der Waals surface area contributed by atoms with Crippen molar-refractivity contribution in [2.24, 2.45) is 17.0 Å². The average Bonchev–Trinajstić information content (AvgIpc) is 3.04. The molecule has 2 rings (SSSR count). The molecule has 1 aromatic carbocycles. The van der Waals surface area contributed by atoms with Crippen molar-refractivity contribution in [3.05, 3.63) is 40.6 Å². The number of hydrogen-bond acceptors (Lipinski definition) is 5. The zero-order valence-electron chi connectivity index (χ0n) is 18.2. The Balaban J connectivity index is 1.73. The normalized spacial score (nSPS) is 24.2. The number of aliphatic hydroxyl groups excluding tert-OH is 2. The van der Waals surface area contributed by atoms with Gasteiger partial charge in [0, 0.05) is 6.42 Å². The third kappa shape index (κ3) is 8.65. The largest absolute Gasteiger partial charge is 0.481 e. The van der Waals surface area contributed by atoms with Gasteiger partial charge >= 0.3 is 5.97 Å². The topological polar surface area (TPSA) is 107 Å². The van der Waals surface area contributed by atoms with Crippen molar-refractivity contribution < 1.29 is 24.5 Å². The molecule has 174 valence electrons. The molecule has 1 aliphatic rings. The van der Waals surface area contributed by atoms with Crippen molar-refractivity contribution in [1.82, 2.24) is 0 Å². The van der Waals surface area contributed by atoms with E-state index in [4.69, 9.17) is 5.11 Å². The Morgan fingerprint density at radius 1 is 1.06 bits per heavy atom. The van der Waals surface area contributed by atoms with Gasteiger partial charge in [-0.3, -0.25) is 4.79 Å². The van der Waals surface area contributed by atoms with Crippen molar-refractivity contribution >= 4 is 5.97 Å². The molecular formula is C24H36FNO5. The molecule has 0 spiro atoms. The number of hydrogen-bond donors (Lipinski definition) is 3. The maximum absolute atomic E-state index is 13.7. The molecule has 7 heteroatoms.